The van der Waals surface area contributed by atoms with Crippen molar-refractivity contribution in [3.05, 3.63) is 76.0 Å². The number of rotatable bonds is 6. The Hall–Kier alpha value is -3.39. The van der Waals surface area contributed by atoms with Crippen LogP contribution in [0, 0.1) is 6.92 Å². The lowest BCUT2D eigenvalue weighted by Crippen LogP contribution is -2.26. The van der Waals surface area contributed by atoms with Gasteiger partial charge in [-0.25, -0.2) is 4.98 Å². The molecule has 1 amide bonds. The largest absolute Gasteiger partial charge is 0.343 e. The first kappa shape index (κ1) is 20.9. The van der Waals surface area contributed by atoms with Crippen LogP contribution >= 0.6 is 11.3 Å². The Morgan fingerprint density at radius 2 is 1.84 bits per heavy atom. The number of nitrogens with zero attached hydrogens (tertiary/aromatic N) is 5. The van der Waals surface area contributed by atoms with Gasteiger partial charge >= 0.3 is 0 Å². The normalized spacial score (nSPS) is 12.2. The van der Waals surface area contributed by atoms with Gasteiger partial charge in [0.1, 0.15) is 5.01 Å². The monoisotopic (exact) mass is 432 g/mol. The zero-order chi connectivity index (χ0) is 22.0. The molecular weight excluding hydrogens is 408 g/mol. The Morgan fingerprint density at radius 1 is 1.06 bits per heavy atom. The number of aromatic nitrogens is 5. The molecule has 7 nitrogen and oxygen atoms in total. The molecule has 2 heterocycles. The van der Waals surface area contributed by atoms with Gasteiger partial charge in [-0.3, -0.25) is 4.79 Å². The van der Waals surface area contributed by atoms with E-state index in [0.29, 0.717) is 5.56 Å². The molecule has 0 aliphatic carbocycles. The highest BCUT2D eigenvalue weighted by atomic mass is 32.1. The number of tetrazole rings is 1. The second-order valence-corrected chi connectivity index (χ2v) is 8.73. The molecule has 4 aromatic rings. The van der Waals surface area contributed by atoms with Gasteiger partial charge in [0.25, 0.3) is 5.91 Å². The van der Waals surface area contributed by atoms with Gasteiger partial charge in [0, 0.05) is 23.1 Å². The van der Waals surface area contributed by atoms with E-state index in [4.69, 9.17) is 0 Å². The van der Waals surface area contributed by atoms with Crippen LogP contribution < -0.4 is 5.32 Å². The molecule has 2 aromatic heterocycles. The van der Waals surface area contributed by atoms with E-state index in [1.165, 1.54) is 16.9 Å². The number of hydrogen-bond donors (Lipinski definition) is 1. The Morgan fingerprint density at radius 3 is 2.52 bits per heavy atom. The minimum absolute atomic E-state index is 0.139. The van der Waals surface area contributed by atoms with E-state index in [9.17, 15) is 4.79 Å². The molecular formula is C23H24N6OS. The summed E-state index contributed by atoms with van der Waals surface area (Å²) >= 11 is 1.52. The SMILES string of the molecule is Cc1ccc(-c2cc(C(=O)NC(C)c3nccs3)cc(-n3nnnc3C(C)C)c2)cc1. The highest BCUT2D eigenvalue weighted by Crippen LogP contribution is 2.26. The van der Waals surface area contributed by atoms with Crippen molar-refractivity contribution in [1.82, 2.24) is 30.5 Å². The predicted octanol–water partition coefficient (Wildman–Crippen LogP) is 4.71. The zero-order valence-electron chi connectivity index (χ0n) is 17.9. The summed E-state index contributed by atoms with van der Waals surface area (Å²) in [4.78, 5) is 17.4. The molecule has 0 saturated carbocycles. The van der Waals surface area contributed by atoms with Crippen LogP contribution in [0.2, 0.25) is 0 Å². The summed E-state index contributed by atoms with van der Waals surface area (Å²) < 4.78 is 1.70. The molecule has 1 unspecified atom stereocenters. The van der Waals surface area contributed by atoms with Crippen molar-refractivity contribution in [3.63, 3.8) is 0 Å². The molecule has 0 saturated heterocycles. The van der Waals surface area contributed by atoms with Crippen molar-refractivity contribution >= 4 is 17.2 Å². The standard InChI is InChI=1S/C23H24N6OS/c1-14(2)21-26-27-28-29(21)20-12-18(17-7-5-15(3)6-8-17)11-19(13-20)22(30)25-16(4)23-24-9-10-31-23/h5-14,16H,1-4H3,(H,25,30). The van der Waals surface area contributed by atoms with Crippen molar-refractivity contribution < 1.29 is 4.79 Å². The van der Waals surface area contributed by atoms with Crippen LogP contribution in [0.25, 0.3) is 16.8 Å². The summed E-state index contributed by atoms with van der Waals surface area (Å²) in [5.41, 5.74) is 4.42. The minimum Gasteiger partial charge on any atom is -0.343 e. The number of benzene rings is 2. The van der Waals surface area contributed by atoms with Crippen molar-refractivity contribution in [3.8, 4) is 16.8 Å². The van der Waals surface area contributed by atoms with Gasteiger partial charge in [0.2, 0.25) is 0 Å². The second-order valence-electron chi connectivity index (χ2n) is 7.80. The number of aryl methyl sites for hydroxylation is 1. The number of carbonyl (C=O) groups excluding carboxylic acids is 1. The van der Waals surface area contributed by atoms with Crippen LogP contribution in [-0.2, 0) is 0 Å². The van der Waals surface area contributed by atoms with E-state index in [1.54, 1.807) is 10.9 Å². The maximum Gasteiger partial charge on any atom is 0.251 e. The zero-order valence-corrected chi connectivity index (χ0v) is 18.7. The van der Waals surface area contributed by atoms with Gasteiger partial charge in [0.05, 0.1) is 11.7 Å². The third-order valence-electron chi connectivity index (χ3n) is 4.99. The van der Waals surface area contributed by atoms with Gasteiger partial charge in [-0.15, -0.1) is 16.4 Å². The van der Waals surface area contributed by atoms with Gasteiger partial charge in [-0.2, -0.15) is 4.68 Å². The van der Waals surface area contributed by atoms with E-state index in [0.717, 1.165) is 27.6 Å². The van der Waals surface area contributed by atoms with E-state index < -0.39 is 0 Å². The molecule has 0 radical (unpaired) electrons. The molecule has 8 heteroatoms. The highest BCUT2D eigenvalue weighted by Gasteiger charge is 2.18. The third-order valence-corrected chi connectivity index (χ3v) is 5.95. The van der Waals surface area contributed by atoms with E-state index in [-0.39, 0.29) is 17.9 Å². The van der Waals surface area contributed by atoms with E-state index >= 15 is 0 Å². The fourth-order valence-electron chi connectivity index (χ4n) is 3.31. The number of hydrogen-bond acceptors (Lipinski definition) is 6. The Bertz CT molecular complexity index is 1180. The topological polar surface area (TPSA) is 85.6 Å². The lowest BCUT2D eigenvalue weighted by Gasteiger charge is -2.15. The molecule has 0 aliphatic heterocycles. The van der Waals surface area contributed by atoms with Crippen LogP contribution in [0.3, 0.4) is 0 Å². The summed E-state index contributed by atoms with van der Waals surface area (Å²) in [6, 6.07) is 13.8. The average molecular weight is 433 g/mol. The van der Waals surface area contributed by atoms with E-state index in [1.807, 2.05) is 44.4 Å². The smallest absolute Gasteiger partial charge is 0.251 e. The molecule has 31 heavy (non-hydrogen) atoms. The van der Waals surface area contributed by atoms with Crippen molar-refractivity contribution in [2.24, 2.45) is 0 Å². The first-order valence-corrected chi connectivity index (χ1v) is 11.0. The third kappa shape index (κ3) is 4.54. The van der Waals surface area contributed by atoms with Crippen LogP contribution in [0.5, 0.6) is 0 Å². The van der Waals surface area contributed by atoms with Crippen molar-refractivity contribution in [1.29, 1.82) is 0 Å². The van der Waals surface area contributed by atoms with Crippen LogP contribution in [0.1, 0.15) is 59.5 Å². The van der Waals surface area contributed by atoms with Gasteiger partial charge in [-0.1, -0.05) is 43.7 Å². The van der Waals surface area contributed by atoms with Crippen LogP contribution in [0.15, 0.2) is 54.0 Å². The summed E-state index contributed by atoms with van der Waals surface area (Å²) in [7, 11) is 0. The Balaban J connectivity index is 1.76. The lowest BCUT2D eigenvalue weighted by atomic mass is 10.0. The van der Waals surface area contributed by atoms with Gasteiger partial charge in [0.15, 0.2) is 5.82 Å². The predicted molar refractivity (Wildman–Crippen MR) is 121 cm³/mol. The summed E-state index contributed by atoms with van der Waals surface area (Å²) in [5, 5.41) is 18.0. The first-order valence-electron chi connectivity index (χ1n) is 10.1. The fraction of sp³-hybridized carbons (Fsp3) is 0.261. The molecule has 0 aliphatic rings. The van der Waals surface area contributed by atoms with E-state index in [2.05, 4.69) is 57.0 Å². The van der Waals surface area contributed by atoms with Crippen LogP contribution in [0.4, 0.5) is 0 Å². The maximum absolute atomic E-state index is 13.1. The fourth-order valence-corrected chi connectivity index (χ4v) is 3.95. The average Bonchev–Trinajstić information content (AvgIpc) is 3.46. The number of carbonyl (C=O) groups is 1. The quantitative estimate of drug-likeness (QED) is 0.477. The van der Waals surface area contributed by atoms with Gasteiger partial charge < -0.3 is 5.32 Å². The first-order chi connectivity index (χ1) is 14.9. The molecule has 0 fully saturated rings. The molecule has 2 aromatic carbocycles. The minimum atomic E-state index is -0.182. The molecule has 158 valence electrons. The summed E-state index contributed by atoms with van der Waals surface area (Å²) in [6.07, 6.45) is 1.74. The van der Waals surface area contributed by atoms with Crippen LogP contribution in [-0.4, -0.2) is 31.1 Å². The summed E-state index contributed by atoms with van der Waals surface area (Å²) in [6.45, 7) is 8.05. The Kier molecular flexibility index (Phi) is 5.90. The van der Waals surface area contributed by atoms with Crippen molar-refractivity contribution in [2.75, 3.05) is 0 Å². The molecule has 1 atom stereocenters. The number of thiazole rings is 1. The Labute approximate surface area is 185 Å². The maximum atomic E-state index is 13.1. The van der Waals surface area contributed by atoms with Gasteiger partial charge in [-0.05, 0) is 53.6 Å². The number of nitrogens with one attached hydrogen (secondary N) is 1. The molecule has 4 rings (SSSR count). The molecule has 0 bridgehead atoms. The lowest BCUT2D eigenvalue weighted by molar-refractivity contribution is 0.0940. The highest BCUT2D eigenvalue weighted by molar-refractivity contribution is 7.09. The number of amides is 1. The van der Waals surface area contributed by atoms with Crippen molar-refractivity contribution in [2.45, 2.75) is 39.7 Å². The molecule has 1 N–H and O–H groups in total. The molecule has 0 spiro atoms. The second kappa shape index (κ2) is 8.77. The summed E-state index contributed by atoms with van der Waals surface area (Å²) in [5.74, 6) is 0.709.